The smallest absolute Gasteiger partial charge is 0.255 e. The van der Waals surface area contributed by atoms with Gasteiger partial charge in [-0.25, -0.2) is 9.97 Å². The van der Waals surface area contributed by atoms with Gasteiger partial charge in [0.15, 0.2) is 5.65 Å². The Balaban J connectivity index is 1.56. The second-order valence-corrected chi connectivity index (χ2v) is 7.50. The van der Waals surface area contributed by atoms with E-state index in [2.05, 4.69) is 25.5 Å². The average Bonchev–Trinajstić information content (AvgIpc) is 3.16. The van der Waals surface area contributed by atoms with Crippen molar-refractivity contribution in [3.05, 3.63) is 75.8 Å². The zero-order chi connectivity index (χ0) is 21.3. The summed E-state index contributed by atoms with van der Waals surface area (Å²) in [5.41, 5.74) is 3.12. The van der Waals surface area contributed by atoms with Crippen molar-refractivity contribution in [2.45, 2.75) is 20.0 Å². The van der Waals surface area contributed by atoms with Crippen LogP contribution < -0.4 is 10.1 Å². The van der Waals surface area contributed by atoms with Gasteiger partial charge in [0, 0.05) is 22.3 Å². The van der Waals surface area contributed by atoms with E-state index in [0.29, 0.717) is 43.9 Å². The van der Waals surface area contributed by atoms with E-state index in [1.54, 1.807) is 30.3 Å². The highest BCUT2D eigenvalue weighted by Crippen LogP contribution is 2.31. The number of anilines is 1. The number of carbonyl (C=O) groups is 1. The number of halogens is 2. The molecule has 0 aliphatic carbocycles. The van der Waals surface area contributed by atoms with Gasteiger partial charge in [-0.05, 0) is 43.7 Å². The normalized spacial score (nSPS) is 12.0. The lowest BCUT2D eigenvalue weighted by molar-refractivity contribution is 0.102. The number of aryl methyl sites for hydroxylation is 1. The molecule has 0 spiro atoms. The van der Waals surface area contributed by atoms with Crippen LogP contribution >= 0.6 is 23.2 Å². The average molecular weight is 442 g/mol. The number of aromatic amines is 1. The van der Waals surface area contributed by atoms with Gasteiger partial charge in [-0.3, -0.25) is 9.89 Å². The van der Waals surface area contributed by atoms with Crippen molar-refractivity contribution < 1.29 is 9.53 Å². The second kappa shape index (κ2) is 8.30. The first-order valence-corrected chi connectivity index (χ1v) is 9.86. The molecule has 0 bridgehead atoms. The number of H-pyrrole nitrogens is 1. The molecule has 1 amide bonds. The van der Waals surface area contributed by atoms with Gasteiger partial charge in [-0.2, -0.15) is 5.10 Å². The number of amides is 1. The largest absolute Gasteiger partial charge is 0.484 e. The van der Waals surface area contributed by atoms with E-state index in [4.69, 9.17) is 27.9 Å². The second-order valence-electron chi connectivity index (χ2n) is 6.70. The van der Waals surface area contributed by atoms with Gasteiger partial charge in [0.1, 0.15) is 29.0 Å². The van der Waals surface area contributed by atoms with Crippen LogP contribution in [-0.4, -0.2) is 26.1 Å². The van der Waals surface area contributed by atoms with Crippen molar-refractivity contribution >= 4 is 45.8 Å². The Bertz CT molecular complexity index is 1240. The summed E-state index contributed by atoms with van der Waals surface area (Å²) in [5, 5.41) is 11.4. The summed E-state index contributed by atoms with van der Waals surface area (Å²) in [7, 11) is 0. The predicted octanol–water partition coefficient (Wildman–Crippen LogP) is 5.36. The maximum absolute atomic E-state index is 12.5. The first kappa shape index (κ1) is 20.1. The molecule has 2 heterocycles. The molecule has 152 valence electrons. The molecule has 7 nitrogen and oxygen atoms in total. The SMILES string of the molecule is Cc1ccc(NC(=O)c2cccc(Cl)c2)cc1OC(C)c1n[nH]c2ncnc(Cl)c12. The molecule has 2 aromatic carbocycles. The van der Waals surface area contributed by atoms with Gasteiger partial charge in [0.2, 0.25) is 0 Å². The summed E-state index contributed by atoms with van der Waals surface area (Å²) in [6.07, 6.45) is 0.939. The number of hydrogen-bond donors (Lipinski definition) is 2. The van der Waals surface area contributed by atoms with E-state index >= 15 is 0 Å². The number of nitrogens with zero attached hydrogens (tertiary/aromatic N) is 3. The molecule has 4 aromatic rings. The molecule has 2 aromatic heterocycles. The molecule has 9 heteroatoms. The lowest BCUT2D eigenvalue weighted by Crippen LogP contribution is -2.12. The fourth-order valence-electron chi connectivity index (χ4n) is 3.02. The van der Waals surface area contributed by atoms with Crippen molar-refractivity contribution in [3.8, 4) is 5.75 Å². The Labute approximate surface area is 182 Å². The Morgan fingerprint density at radius 1 is 1.17 bits per heavy atom. The van der Waals surface area contributed by atoms with Gasteiger partial charge in [0.05, 0.1) is 5.39 Å². The van der Waals surface area contributed by atoms with Gasteiger partial charge >= 0.3 is 0 Å². The molecule has 4 rings (SSSR count). The fourth-order valence-corrected chi connectivity index (χ4v) is 3.44. The zero-order valence-electron chi connectivity index (χ0n) is 16.1. The fraction of sp³-hybridized carbons (Fsp3) is 0.143. The van der Waals surface area contributed by atoms with Crippen molar-refractivity contribution in [2.24, 2.45) is 0 Å². The molecule has 1 unspecified atom stereocenters. The number of benzene rings is 2. The number of carbonyl (C=O) groups excluding carboxylic acids is 1. The molecule has 30 heavy (non-hydrogen) atoms. The Kier molecular flexibility index (Phi) is 5.57. The van der Waals surface area contributed by atoms with Crippen molar-refractivity contribution in [1.29, 1.82) is 0 Å². The lowest BCUT2D eigenvalue weighted by atomic mass is 10.1. The first-order valence-electron chi connectivity index (χ1n) is 9.11. The third kappa shape index (κ3) is 4.08. The third-order valence-corrected chi connectivity index (χ3v) is 5.08. The number of fused-ring (bicyclic) bond motifs is 1. The van der Waals surface area contributed by atoms with E-state index in [-0.39, 0.29) is 5.91 Å². The predicted molar refractivity (Wildman–Crippen MR) is 116 cm³/mol. The van der Waals surface area contributed by atoms with E-state index in [1.807, 2.05) is 26.0 Å². The van der Waals surface area contributed by atoms with Crippen LogP contribution in [0.5, 0.6) is 5.75 Å². The number of rotatable bonds is 5. The quantitative estimate of drug-likeness (QED) is 0.406. The molecule has 0 aliphatic heterocycles. The topological polar surface area (TPSA) is 92.8 Å². The number of hydrogen-bond acceptors (Lipinski definition) is 5. The Morgan fingerprint density at radius 2 is 2.00 bits per heavy atom. The van der Waals surface area contributed by atoms with Crippen LogP contribution in [0.15, 0.2) is 48.8 Å². The lowest BCUT2D eigenvalue weighted by Gasteiger charge is -2.16. The van der Waals surface area contributed by atoms with Gasteiger partial charge < -0.3 is 10.1 Å². The zero-order valence-corrected chi connectivity index (χ0v) is 17.6. The van der Waals surface area contributed by atoms with Crippen LogP contribution in [0, 0.1) is 6.92 Å². The minimum atomic E-state index is -0.431. The van der Waals surface area contributed by atoms with E-state index < -0.39 is 6.10 Å². The highest BCUT2D eigenvalue weighted by Gasteiger charge is 2.19. The molecule has 0 fully saturated rings. The minimum absolute atomic E-state index is 0.262. The molecular formula is C21H17Cl2N5O2. The molecule has 0 aliphatic rings. The van der Waals surface area contributed by atoms with E-state index in [9.17, 15) is 4.79 Å². The maximum atomic E-state index is 12.5. The highest BCUT2D eigenvalue weighted by atomic mass is 35.5. The van der Waals surface area contributed by atoms with Crippen molar-refractivity contribution in [3.63, 3.8) is 0 Å². The number of aromatic nitrogens is 4. The molecule has 0 saturated carbocycles. The summed E-state index contributed by atoms with van der Waals surface area (Å²) in [6.45, 7) is 3.78. The number of nitrogens with one attached hydrogen (secondary N) is 2. The summed E-state index contributed by atoms with van der Waals surface area (Å²) < 4.78 is 6.13. The summed E-state index contributed by atoms with van der Waals surface area (Å²) in [6, 6.07) is 12.2. The van der Waals surface area contributed by atoms with Gasteiger partial charge in [-0.15, -0.1) is 0 Å². The summed E-state index contributed by atoms with van der Waals surface area (Å²) >= 11 is 12.2. The molecule has 1 atom stereocenters. The van der Waals surface area contributed by atoms with Crippen LogP contribution in [-0.2, 0) is 0 Å². The summed E-state index contributed by atoms with van der Waals surface area (Å²) in [5.74, 6) is 0.345. The van der Waals surface area contributed by atoms with E-state index in [0.717, 1.165) is 5.56 Å². The van der Waals surface area contributed by atoms with Crippen LogP contribution in [0.4, 0.5) is 5.69 Å². The molecular weight excluding hydrogens is 425 g/mol. The van der Waals surface area contributed by atoms with E-state index in [1.165, 1.54) is 6.33 Å². The Morgan fingerprint density at radius 3 is 2.80 bits per heavy atom. The molecule has 2 N–H and O–H groups in total. The van der Waals surface area contributed by atoms with Gasteiger partial charge in [0.25, 0.3) is 5.91 Å². The maximum Gasteiger partial charge on any atom is 0.255 e. The Hall–Kier alpha value is -3.16. The highest BCUT2D eigenvalue weighted by molar-refractivity contribution is 6.34. The van der Waals surface area contributed by atoms with Gasteiger partial charge in [-0.1, -0.05) is 35.3 Å². The van der Waals surface area contributed by atoms with Crippen LogP contribution in [0.2, 0.25) is 10.2 Å². The molecule has 0 radical (unpaired) electrons. The van der Waals surface area contributed by atoms with Crippen LogP contribution in [0.25, 0.3) is 11.0 Å². The van der Waals surface area contributed by atoms with Crippen molar-refractivity contribution in [2.75, 3.05) is 5.32 Å². The monoisotopic (exact) mass is 441 g/mol. The number of ether oxygens (including phenoxy) is 1. The standard InChI is InChI=1S/C21H17Cl2N5O2/c1-11-6-7-15(26-21(29)13-4-3-5-14(22)8-13)9-16(11)30-12(2)18-17-19(23)24-10-25-20(17)28-27-18/h3-10,12H,1-2H3,(H,26,29)(H,24,25,27,28). The van der Waals surface area contributed by atoms with Crippen LogP contribution in [0.1, 0.15) is 34.6 Å². The molecule has 0 saturated heterocycles. The first-order chi connectivity index (χ1) is 14.4. The third-order valence-electron chi connectivity index (χ3n) is 4.56. The summed E-state index contributed by atoms with van der Waals surface area (Å²) in [4.78, 5) is 20.6. The van der Waals surface area contributed by atoms with Crippen LogP contribution in [0.3, 0.4) is 0 Å². The van der Waals surface area contributed by atoms with Crippen molar-refractivity contribution in [1.82, 2.24) is 20.2 Å². The minimum Gasteiger partial charge on any atom is -0.484 e.